The average molecular weight is 424 g/mol. The summed E-state index contributed by atoms with van der Waals surface area (Å²) in [5.74, 6) is -0.429. The lowest BCUT2D eigenvalue weighted by Crippen LogP contribution is -2.30. The normalized spacial score (nSPS) is 10.7. The highest BCUT2D eigenvalue weighted by molar-refractivity contribution is 6.12. The lowest BCUT2D eigenvalue weighted by molar-refractivity contribution is 0.0786. The highest BCUT2D eigenvalue weighted by Gasteiger charge is 2.31. The van der Waals surface area contributed by atoms with E-state index >= 15 is 0 Å². The Kier molecular flexibility index (Phi) is 7.58. The quantitative estimate of drug-likeness (QED) is 0.504. The van der Waals surface area contributed by atoms with Crippen LogP contribution in [0.5, 0.6) is 11.5 Å². The molecule has 0 N–H and O–H groups in total. The number of nitrogens with zero attached hydrogens (tertiary/aromatic N) is 2. The Morgan fingerprint density at radius 1 is 0.806 bits per heavy atom. The molecule has 0 aliphatic heterocycles. The number of methoxy groups -OCH3 is 2. The summed E-state index contributed by atoms with van der Waals surface area (Å²) in [6.45, 7) is 1.71. The number of rotatable bonds is 7. The van der Waals surface area contributed by atoms with Crippen LogP contribution in [0.3, 0.4) is 0 Å². The van der Waals surface area contributed by atoms with Gasteiger partial charge in [-0.2, -0.15) is 0 Å². The smallest absolute Gasteiger partial charge is 0.257 e. The lowest BCUT2D eigenvalue weighted by atomic mass is 9.93. The first-order chi connectivity index (χ1) is 14.6. The Balaban J connectivity index is 2.82. The Morgan fingerprint density at radius 2 is 1.32 bits per heavy atom. The van der Waals surface area contributed by atoms with E-state index < -0.39 is 5.91 Å². The number of amides is 2. The van der Waals surface area contributed by atoms with Gasteiger partial charge in [0.1, 0.15) is 11.5 Å². The zero-order chi connectivity index (χ0) is 23.3. The monoisotopic (exact) mass is 424 g/mol. The van der Waals surface area contributed by atoms with Crippen molar-refractivity contribution in [1.82, 2.24) is 9.80 Å². The molecule has 0 saturated heterocycles. The van der Waals surface area contributed by atoms with E-state index in [1.165, 1.54) is 30.1 Å². The van der Waals surface area contributed by atoms with Gasteiger partial charge in [0.05, 0.1) is 30.9 Å². The molecule has 0 heterocycles. The van der Waals surface area contributed by atoms with Gasteiger partial charge < -0.3 is 19.3 Å². The minimum atomic E-state index is -0.392. The van der Waals surface area contributed by atoms with Gasteiger partial charge in [0.15, 0.2) is 5.78 Å². The molecule has 0 unspecified atom stereocenters. The number of hydrogen-bond donors (Lipinski definition) is 0. The van der Waals surface area contributed by atoms with Crippen LogP contribution in [0, 0.1) is 6.92 Å². The molecule has 2 aromatic carbocycles. The molecule has 164 valence electrons. The minimum Gasteiger partial charge on any atom is -0.496 e. The molecule has 0 atom stereocenters. The molecule has 0 aromatic heterocycles. The van der Waals surface area contributed by atoms with E-state index in [1.54, 1.807) is 65.5 Å². The van der Waals surface area contributed by atoms with Crippen LogP contribution in [0.25, 0.3) is 6.08 Å². The third-order valence-electron chi connectivity index (χ3n) is 4.79. The minimum absolute atomic E-state index is 0.122. The maximum absolute atomic E-state index is 13.1. The number of allylic oxidation sites excluding steroid dienone is 1. The number of carbonyl (C=O) groups excluding carboxylic acids is 3. The van der Waals surface area contributed by atoms with Crippen LogP contribution in [-0.4, -0.2) is 69.8 Å². The standard InChI is InChI=1S/C24H28N2O5/c1-15-19(23(28)25(2)3)20(24(29)26(4)5)22(31-7)17(21(15)30-6)13-14-18(27)16-11-9-8-10-12-16/h8-14H,1-7H3. The van der Waals surface area contributed by atoms with E-state index in [-0.39, 0.29) is 28.6 Å². The van der Waals surface area contributed by atoms with E-state index in [1.807, 2.05) is 6.07 Å². The maximum Gasteiger partial charge on any atom is 0.257 e. The number of hydrogen-bond acceptors (Lipinski definition) is 5. The molecule has 0 aliphatic carbocycles. The first-order valence-electron chi connectivity index (χ1n) is 9.64. The van der Waals surface area contributed by atoms with E-state index in [2.05, 4.69) is 0 Å². The summed E-state index contributed by atoms with van der Waals surface area (Å²) in [5, 5.41) is 0. The third kappa shape index (κ3) is 4.77. The van der Waals surface area contributed by atoms with Gasteiger partial charge in [-0.3, -0.25) is 14.4 Å². The Bertz CT molecular complexity index is 1020. The van der Waals surface area contributed by atoms with Crippen molar-refractivity contribution in [3.63, 3.8) is 0 Å². The summed E-state index contributed by atoms with van der Waals surface area (Å²) >= 11 is 0. The number of ether oxygens (including phenoxy) is 2. The predicted molar refractivity (Wildman–Crippen MR) is 120 cm³/mol. The molecule has 0 saturated carbocycles. The molecule has 0 bridgehead atoms. The van der Waals surface area contributed by atoms with E-state index in [0.717, 1.165) is 0 Å². The molecule has 0 spiro atoms. The second-order valence-corrected chi connectivity index (χ2v) is 7.32. The molecule has 0 aliphatic rings. The zero-order valence-corrected chi connectivity index (χ0v) is 19.0. The molecule has 2 aromatic rings. The van der Waals surface area contributed by atoms with Gasteiger partial charge in [-0.25, -0.2) is 0 Å². The van der Waals surface area contributed by atoms with Gasteiger partial charge in [-0.1, -0.05) is 30.3 Å². The number of carbonyl (C=O) groups is 3. The largest absolute Gasteiger partial charge is 0.496 e. The summed E-state index contributed by atoms with van der Waals surface area (Å²) in [6.07, 6.45) is 2.95. The summed E-state index contributed by atoms with van der Waals surface area (Å²) in [6, 6.07) is 8.82. The summed E-state index contributed by atoms with van der Waals surface area (Å²) in [7, 11) is 9.29. The molecule has 31 heavy (non-hydrogen) atoms. The van der Waals surface area contributed by atoms with Gasteiger partial charge in [0, 0.05) is 39.3 Å². The van der Waals surface area contributed by atoms with Crippen LogP contribution < -0.4 is 9.47 Å². The van der Waals surface area contributed by atoms with E-state index in [0.29, 0.717) is 22.4 Å². The van der Waals surface area contributed by atoms with Crippen LogP contribution in [0.4, 0.5) is 0 Å². The van der Waals surface area contributed by atoms with Gasteiger partial charge in [0.2, 0.25) is 0 Å². The second kappa shape index (κ2) is 9.93. The van der Waals surface area contributed by atoms with Gasteiger partial charge in [-0.15, -0.1) is 0 Å². The molecular weight excluding hydrogens is 396 g/mol. The van der Waals surface area contributed by atoms with Crippen LogP contribution in [-0.2, 0) is 0 Å². The highest BCUT2D eigenvalue weighted by atomic mass is 16.5. The van der Waals surface area contributed by atoms with Crippen molar-refractivity contribution in [2.45, 2.75) is 6.92 Å². The molecule has 0 radical (unpaired) electrons. The third-order valence-corrected chi connectivity index (χ3v) is 4.79. The SMILES string of the molecule is COc1c(C)c(C(=O)N(C)C)c(C(=O)N(C)C)c(OC)c1C=CC(=O)c1ccccc1. The molecule has 2 rings (SSSR count). The average Bonchev–Trinajstić information content (AvgIpc) is 2.76. The van der Waals surface area contributed by atoms with Crippen molar-refractivity contribution in [3.8, 4) is 11.5 Å². The van der Waals surface area contributed by atoms with Crippen molar-refractivity contribution in [2.24, 2.45) is 0 Å². The molecule has 2 amide bonds. The first kappa shape index (κ1) is 23.7. The highest BCUT2D eigenvalue weighted by Crippen LogP contribution is 2.40. The molecular formula is C24H28N2O5. The van der Waals surface area contributed by atoms with Crippen molar-refractivity contribution in [3.05, 3.63) is 64.2 Å². The Morgan fingerprint density at radius 3 is 1.81 bits per heavy atom. The summed E-state index contributed by atoms with van der Waals surface area (Å²) in [5.41, 5.74) is 1.74. The molecule has 7 heteroatoms. The zero-order valence-electron chi connectivity index (χ0n) is 19.0. The first-order valence-corrected chi connectivity index (χ1v) is 9.64. The van der Waals surface area contributed by atoms with Crippen molar-refractivity contribution < 1.29 is 23.9 Å². The summed E-state index contributed by atoms with van der Waals surface area (Å²) in [4.78, 5) is 41.4. The topological polar surface area (TPSA) is 76.2 Å². The second-order valence-electron chi connectivity index (χ2n) is 7.32. The van der Waals surface area contributed by atoms with Crippen LogP contribution in [0.2, 0.25) is 0 Å². The predicted octanol–water partition coefficient (Wildman–Crippen LogP) is 3.31. The van der Waals surface area contributed by atoms with Gasteiger partial charge in [-0.05, 0) is 19.1 Å². The van der Waals surface area contributed by atoms with Gasteiger partial charge in [0.25, 0.3) is 11.8 Å². The molecule has 7 nitrogen and oxygen atoms in total. The summed E-state index contributed by atoms with van der Waals surface area (Å²) < 4.78 is 11.2. The fourth-order valence-corrected chi connectivity index (χ4v) is 3.26. The van der Waals surface area contributed by atoms with Gasteiger partial charge >= 0.3 is 0 Å². The van der Waals surface area contributed by atoms with Crippen molar-refractivity contribution >= 4 is 23.7 Å². The Labute approximate surface area is 182 Å². The van der Waals surface area contributed by atoms with Crippen molar-refractivity contribution in [1.29, 1.82) is 0 Å². The Hall–Kier alpha value is -3.61. The maximum atomic E-state index is 13.1. The fraction of sp³-hybridized carbons (Fsp3) is 0.292. The molecule has 0 fully saturated rings. The van der Waals surface area contributed by atoms with Crippen LogP contribution >= 0.6 is 0 Å². The lowest BCUT2D eigenvalue weighted by Gasteiger charge is -2.24. The van der Waals surface area contributed by atoms with E-state index in [9.17, 15) is 14.4 Å². The van der Waals surface area contributed by atoms with E-state index in [4.69, 9.17) is 9.47 Å². The van der Waals surface area contributed by atoms with Crippen molar-refractivity contribution in [2.75, 3.05) is 42.4 Å². The van der Waals surface area contributed by atoms with Crippen LogP contribution in [0.1, 0.15) is 42.2 Å². The number of ketones is 1. The fourth-order valence-electron chi connectivity index (χ4n) is 3.26. The number of benzene rings is 2. The van der Waals surface area contributed by atoms with Crippen LogP contribution in [0.15, 0.2) is 36.4 Å².